The summed E-state index contributed by atoms with van der Waals surface area (Å²) >= 11 is 0. The van der Waals surface area contributed by atoms with Gasteiger partial charge in [-0.1, -0.05) is 38.1 Å². The highest BCUT2D eigenvalue weighted by Gasteiger charge is 2.29. The highest BCUT2D eigenvalue weighted by molar-refractivity contribution is 5.81. The van der Waals surface area contributed by atoms with Crippen LogP contribution in [0.5, 0.6) is 0 Å². The third-order valence-electron chi connectivity index (χ3n) is 3.74. The molecule has 1 aromatic rings. The monoisotopic (exact) mass is 245 g/mol. The van der Waals surface area contributed by atoms with Gasteiger partial charge in [0.15, 0.2) is 0 Å². The average Bonchev–Trinajstić information content (AvgIpc) is 3.13. The number of rotatable bonds is 6. The molecule has 1 aromatic carbocycles. The molecule has 0 amide bonds. The number of ketones is 1. The largest absolute Gasteiger partial charge is 0.327 e. The summed E-state index contributed by atoms with van der Waals surface area (Å²) in [6, 6.07) is 8.46. The smallest absolute Gasteiger partial charge is 0.138 e. The topological polar surface area (TPSA) is 43.1 Å². The lowest BCUT2D eigenvalue weighted by atomic mass is 9.98. The van der Waals surface area contributed by atoms with Gasteiger partial charge in [0.2, 0.25) is 0 Å². The standard InChI is InChI=1S/C16H23NO/c1-11(2)13-5-3-12(4-6-13)9-15(18)10-16(17)14-7-8-14/h3-6,11,14,16H,7-10,17H2,1-2H3. The van der Waals surface area contributed by atoms with Crippen LogP contribution < -0.4 is 5.73 Å². The number of hydrogen-bond acceptors (Lipinski definition) is 2. The van der Waals surface area contributed by atoms with Crippen LogP contribution in [0, 0.1) is 5.92 Å². The third-order valence-corrected chi connectivity index (χ3v) is 3.74. The minimum absolute atomic E-state index is 0.0902. The van der Waals surface area contributed by atoms with E-state index in [4.69, 9.17) is 5.73 Å². The molecule has 2 N–H and O–H groups in total. The summed E-state index contributed by atoms with van der Waals surface area (Å²) in [5.41, 5.74) is 8.40. The van der Waals surface area contributed by atoms with Crippen molar-refractivity contribution < 1.29 is 4.79 Å². The van der Waals surface area contributed by atoms with Crippen LogP contribution in [0.4, 0.5) is 0 Å². The maximum atomic E-state index is 11.9. The minimum atomic E-state index is 0.0902. The van der Waals surface area contributed by atoms with Gasteiger partial charge in [0.25, 0.3) is 0 Å². The number of benzene rings is 1. The second kappa shape index (κ2) is 5.66. The van der Waals surface area contributed by atoms with Crippen LogP contribution in [-0.2, 0) is 11.2 Å². The maximum absolute atomic E-state index is 11.9. The fourth-order valence-corrected chi connectivity index (χ4v) is 2.27. The first-order valence-electron chi connectivity index (χ1n) is 6.92. The van der Waals surface area contributed by atoms with Gasteiger partial charge >= 0.3 is 0 Å². The van der Waals surface area contributed by atoms with Crippen LogP contribution in [-0.4, -0.2) is 11.8 Å². The molecular formula is C16H23NO. The Morgan fingerprint density at radius 3 is 2.39 bits per heavy atom. The van der Waals surface area contributed by atoms with Crippen molar-refractivity contribution in [2.75, 3.05) is 0 Å². The van der Waals surface area contributed by atoms with Gasteiger partial charge < -0.3 is 5.73 Å². The molecule has 0 bridgehead atoms. The lowest BCUT2D eigenvalue weighted by Gasteiger charge is -2.10. The number of hydrogen-bond donors (Lipinski definition) is 1. The van der Waals surface area contributed by atoms with E-state index >= 15 is 0 Å². The Labute approximate surface area is 110 Å². The zero-order valence-corrected chi connectivity index (χ0v) is 11.4. The second-order valence-electron chi connectivity index (χ2n) is 5.82. The lowest BCUT2D eigenvalue weighted by Crippen LogP contribution is -2.26. The van der Waals surface area contributed by atoms with E-state index in [9.17, 15) is 4.79 Å². The summed E-state index contributed by atoms with van der Waals surface area (Å²) in [6.07, 6.45) is 3.48. The van der Waals surface area contributed by atoms with Gasteiger partial charge in [0.1, 0.15) is 5.78 Å². The number of nitrogens with two attached hydrogens (primary N) is 1. The molecule has 1 fully saturated rings. The van der Waals surface area contributed by atoms with E-state index in [0.717, 1.165) is 5.56 Å². The first-order chi connectivity index (χ1) is 8.56. The zero-order chi connectivity index (χ0) is 13.1. The Hall–Kier alpha value is -1.15. The Kier molecular flexibility index (Phi) is 4.18. The summed E-state index contributed by atoms with van der Waals surface area (Å²) in [6.45, 7) is 4.35. The normalized spacial score (nSPS) is 16.9. The van der Waals surface area contributed by atoms with Crippen molar-refractivity contribution >= 4 is 5.78 Å². The van der Waals surface area contributed by atoms with Crippen molar-refractivity contribution in [2.45, 2.75) is 51.5 Å². The number of Topliss-reactive ketones (excluding diaryl/α,β-unsaturated/α-hetero) is 1. The predicted molar refractivity (Wildman–Crippen MR) is 74.6 cm³/mol. The molecule has 0 aromatic heterocycles. The quantitative estimate of drug-likeness (QED) is 0.837. The van der Waals surface area contributed by atoms with Crippen molar-refractivity contribution in [2.24, 2.45) is 11.7 Å². The third kappa shape index (κ3) is 3.67. The van der Waals surface area contributed by atoms with Crippen molar-refractivity contribution in [1.29, 1.82) is 0 Å². The van der Waals surface area contributed by atoms with Crippen molar-refractivity contribution in [3.8, 4) is 0 Å². The molecule has 1 unspecified atom stereocenters. The Bertz CT molecular complexity index is 404. The SMILES string of the molecule is CC(C)c1ccc(CC(=O)CC(N)C2CC2)cc1. The van der Waals surface area contributed by atoms with Crippen LogP contribution in [0.2, 0.25) is 0 Å². The molecule has 1 saturated carbocycles. The van der Waals surface area contributed by atoms with E-state index < -0.39 is 0 Å². The minimum Gasteiger partial charge on any atom is -0.327 e. The lowest BCUT2D eigenvalue weighted by molar-refractivity contribution is -0.118. The highest BCUT2D eigenvalue weighted by atomic mass is 16.1. The molecule has 2 rings (SSSR count). The van der Waals surface area contributed by atoms with E-state index in [1.807, 2.05) is 0 Å². The second-order valence-corrected chi connectivity index (χ2v) is 5.82. The molecular weight excluding hydrogens is 222 g/mol. The van der Waals surface area contributed by atoms with Gasteiger partial charge in [-0.3, -0.25) is 4.79 Å². The van der Waals surface area contributed by atoms with E-state index in [0.29, 0.717) is 24.7 Å². The van der Waals surface area contributed by atoms with Crippen molar-refractivity contribution in [3.05, 3.63) is 35.4 Å². The van der Waals surface area contributed by atoms with Crippen LogP contribution >= 0.6 is 0 Å². The van der Waals surface area contributed by atoms with Crippen LogP contribution in [0.15, 0.2) is 24.3 Å². The van der Waals surface area contributed by atoms with Gasteiger partial charge in [-0.2, -0.15) is 0 Å². The molecule has 1 atom stereocenters. The van der Waals surface area contributed by atoms with Gasteiger partial charge in [-0.15, -0.1) is 0 Å². The summed E-state index contributed by atoms with van der Waals surface area (Å²) in [5.74, 6) is 1.42. The summed E-state index contributed by atoms with van der Waals surface area (Å²) in [7, 11) is 0. The fourth-order valence-electron chi connectivity index (χ4n) is 2.27. The van der Waals surface area contributed by atoms with Gasteiger partial charge in [-0.25, -0.2) is 0 Å². The summed E-state index contributed by atoms with van der Waals surface area (Å²) < 4.78 is 0. The average molecular weight is 245 g/mol. The molecule has 0 heterocycles. The molecule has 0 aliphatic heterocycles. The Morgan fingerprint density at radius 1 is 1.28 bits per heavy atom. The molecule has 0 saturated heterocycles. The first kappa shape index (κ1) is 13.3. The van der Waals surface area contributed by atoms with Gasteiger partial charge in [0, 0.05) is 18.9 Å². The van der Waals surface area contributed by atoms with E-state index in [2.05, 4.69) is 38.1 Å². The fraction of sp³-hybridized carbons (Fsp3) is 0.562. The molecule has 18 heavy (non-hydrogen) atoms. The van der Waals surface area contributed by atoms with Crippen molar-refractivity contribution in [1.82, 2.24) is 0 Å². The molecule has 0 spiro atoms. The molecule has 1 aliphatic carbocycles. The molecule has 2 heteroatoms. The van der Waals surface area contributed by atoms with E-state index in [1.54, 1.807) is 0 Å². The number of carbonyl (C=O) groups excluding carboxylic acids is 1. The Balaban J connectivity index is 1.86. The molecule has 98 valence electrons. The summed E-state index contributed by atoms with van der Waals surface area (Å²) in [5, 5.41) is 0. The van der Waals surface area contributed by atoms with Gasteiger partial charge in [-0.05, 0) is 35.8 Å². The molecule has 2 nitrogen and oxygen atoms in total. The number of carbonyl (C=O) groups is 1. The highest BCUT2D eigenvalue weighted by Crippen LogP contribution is 2.33. The van der Waals surface area contributed by atoms with Crippen LogP contribution in [0.3, 0.4) is 0 Å². The van der Waals surface area contributed by atoms with E-state index in [1.165, 1.54) is 18.4 Å². The van der Waals surface area contributed by atoms with Crippen LogP contribution in [0.1, 0.15) is 50.2 Å². The molecule has 1 aliphatic rings. The maximum Gasteiger partial charge on any atom is 0.138 e. The summed E-state index contributed by atoms with van der Waals surface area (Å²) in [4.78, 5) is 11.9. The van der Waals surface area contributed by atoms with Crippen molar-refractivity contribution in [3.63, 3.8) is 0 Å². The predicted octanol–water partition coefficient (Wildman–Crippen LogP) is 3.05. The molecule has 0 radical (unpaired) electrons. The Morgan fingerprint density at radius 2 is 1.89 bits per heavy atom. The zero-order valence-electron chi connectivity index (χ0n) is 11.4. The first-order valence-corrected chi connectivity index (χ1v) is 6.92. The van der Waals surface area contributed by atoms with E-state index in [-0.39, 0.29) is 11.8 Å². The van der Waals surface area contributed by atoms with Crippen LogP contribution in [0.25, 0.3) is 0 Å². The van der Waals surface area contributed by atoms with Gasteiger partial charge in [0.05, 0.1) is 0 Å².